The lowest BCUT2D eigenvalue weighted by Crippen LogP contribution is -2.44. The van der Waals surface area contributed by atoms with E-state index in [1.807, 2.05) is 30.3 Å². The zero-order chi connectivity index (χ0) is 16.5. The summed E-state index contributed by atoms with van der Waals surface area (Å²) < 4.78 is 2.31. The number of rotatable bonds is 3. The maximum atomic E-state index is 12.8. The van der Waals surface area contributed by atoms with Crippen molar-refractivity contribution in [3.8, 4) is 5.69 Å². The fraction of sp³-hybridized carbons (Fsp3) is 0.412. The molecule has 0 radical (unpaired) electrons. The van der Waals surface area contributed by atoms with Gasteiger partial charge in [-0.05, 0) is 49.5 Å². The Balaban J connectivity index is 1.52. The van der Waals surface area contributed by atoms with Gasteiger partial charge in [-0.2, -0.15) is 0 Å². The zero-order valence-corrected chi connectivity index (χ0v) is 14.1. The van der Waals surface area contributed by atoms with Gasteiger partial charge in [0, 0.05) is 30.5 Å². The van der Waals surface area contributed by atoms with Gasteiger partial charge in [0.05, 0.1) is 0 Å². The predicted molar refractivity (Wildman–Crippen MR) is 94.5 cm³/mol. The van der Waals surface area contributed by atoms with Crippen LogP contribution in [0.4, 0.5) is 0 Å². The molecule has 7 heteroatoms. The number of hydrogen-bond donors (Lipinski definition) is 4. The van der Waals surface area contributed by atoms with Gasteiger partial charge in [-0.15, -0.1) is 0 Å². The summed E-state index contributed by atoms with van der Waals surface area (Å²) in [7, 11) is 0. The summed E-state index contributed by atoms with van der Waals surface area (Å²) in [6.45, 7) is 0.974. The lowest BCUT2D eigenvalue weighted by Gasteiger charge is -2.31. The van der Waals surface area contributed by atoms with Gasteiger partial charge < -0.3 is 10.3 Å². The van der Waals surface area contributed by atoms with Crippen molar-refractivity contribution in [2.45, 2.75) is 31.3 Å². The molecule has 0 spiro atoms. The van der Waals surface area contributed by atoms with Gasteiger partial charge in [0.2, 0.25) is 0 Å². The Morgan fingerprint density at radius 2 is 2.08 bits per heavy atom. The van der Waals surface area contributed by atoms with Gasteiger partial charge in [0.15, 0.2) is 4.77 Å². The molecule has 1 saturated carbocycles. The van der Waals surface area contributed by atoms with Crippen LogP contribution in [0.1, 0.15) is 29.8 Å². The summed E-state index contributed by atoms with van der Waals surface area (Å²) in [6.07, 6.45) is 4.78. The molecular formula is C17H21N5OS. The first-order valence-corrected chi connectivity index (χ1v) is 8.78. The van der Waals surface area contributed by atoms with Gasteiger partial charge in [-0.3, -0.25) is 20.2 Å². The number of amides is 1. The van der Waals surface area contributed by atoms with Crippen molar-refractivity contribution < 1.29 is 4.79 Å². The number of fused-ring (bicyclic) bond motifs is 1. The molecule has 3 unspecified atom stereocenters. The van der Waals surface area contributed by atoms with Gasteiger partial charge >= 0.3 is 0 Å². The highest BCUT2D eigenvalue weighted by Gasteiger charge is 2.34. The van der Waals surface area contributed by atoms with E-state index in [0.29, 0.717) is 22.4 Å². The van der Waals surface area contributed by atoms with Gasteiger partial charge in [0.1, 0.15) is 5.69 Å². The minimum atomic E-state index is -0.0754. The van der Waals surface area contributed by atoms with Crippen molar-refractivity contribution in [2.75, 3.05) is 6.54 Å². The third kappa shape index (κ3) is 2.90. The molecule has 2 heterocycles. The maximum Gasteiger partial charge on any atom is 0.270 e. The Kier molecular flexibility index (Phi) is 4.22. The fourth-order valence-corrected chi connectivity index (χ4v) is 4.02. The standard InChI is InChI=1S/C17H21N5OS/c23-16(20-12-6-7-14-11(8-12)9-19-21-14)15-10-18-17(24)22(15)13-4-2-1-3-5-13/h1-5,10-12,14,19,21H,6-9H2,(H,18,24)(H,20,23). The lowest BCUT2D eigenvalue weighted by atomic mass is 9.83. The van der Waals surface area contributed by atoms with Crippen molar-refractivity contribution in [1.29, 1.82) is 0 Å². The average molecular weight is 343 g/mol. The van der Waals surface area contributed by atoms with Crippen LogP contribution in [0.2, 0.25) is 0 Å². The third-order valence-electron chi connectivity index (χ3n) is 4.99. The molecule has 0 bridgehead atoms. The van der Waals surface area contributed by atoms with Crippen LogP contribution in [0.15, 0.2) is 36.5 Å². The van der Waals surface area contributed by atoms with Crippen LogP contribution in [0, 0.1) is 10.7 Å². The molecule has 3 atom stereocenters. The molecule has 2 aliphatic rings. The van der Waals surface area contributed by atoms with Crippen molar-refractivity contribution in [3.05, 3.63) is 47.0 Å². The highest BCUT2D eigenvalue weighted by atomic mass is 32.1. The van der Waals surface area contributed by atoms with Crippen molar-refractivity contribution in [1.82, 2.24) is 25.7 Å². The molecule has 1 amide bonds. The maximum absolute atomic E-state index is 12.8. The first-order valence-electron chi connectivity index (χ1n) is 8.37. The average Bonchev–Trinajstić information content (AvgIpc) is 3.21. The Hall–Kier alpha value is -1.96. The van der Waals surface area contributed by atoms with Crippen LogP contribution < -0.4 is 16.2 Å². The molecule has 1 saturated heterocycles. The molecule has 2 fully saturated rings. The molecule has 2 aromatic rings. The first kappa shape index (κ1) is 15.6. The number of carbonyl (C=O) groups is 1. The number of carbonyl (C=O) groups excluding carboxylic acids is 1. The summed E-state index contributed by atoms with van der Waals surface area (Å²) in [4.78, 5) is 15.8. The Bertz CT molecular complexity index is 784. The summed E-state index contributed by atoms with van der Waals surface area (Å²) in [5, 5.41) is 3.19. The fourth-order valence-electron chi connectivity index (χ4n) is 3.76. The molecular weight excluding hydrogens is 322 g/mol. The number of hydrazine groups is 1. The van der Waals surface area contributed by atoms with E-state index in [2.05, 4.69) is 21.2 Å². The molecule has 1 aliphatic heterocycles. The van der Waals surface area contributed by atoms with E-state index < -0.39 is 0 Å². The van der Waals surface area contributed by atoms with E-state index >= 15 is 0 Å². The Morgan fingerprint density at radius 1 is 1.25 bits per heavy atom. The van der Waals surface area contributed by atoms with Crippen LogP contribution in [0.25, 0.3) is 5.69 Å². The van der Waals surface area contributed by atoms with E-state index in [1.54, 1.807) is 10.8 Å². The minimum absolute atomic E-state index is 0.0754. The number of aromatic amines is 1. The second-order valence-electron chi connectivity index (χ2n) is 6.53. The van der Waals surface area contributed by atoms with Gasteiger partial charge in [-0.25, -0.2) is 0 Å². The topological polar surface area (TPSA) is 73.9 Å². The van der Waals surface area contributed by atoms with Gasteiger partial charge in [0.25, 0.3) is 5.91 Å². The van der Waals surface area contributed by atoms with Gasteiger partial charge in [-0.1, -0.05) is 18.2 Å². The molecule has 6 nitrogen and oxygen atoms in total. The number of nitrogens with one attached hydrogen (secondary N) is 4. The molecule has 126 valence electrons. The number of hydrogen-bond acceptors (Lipinski definition) is 4. The summed E-state index contributed by atoms with van der Waals surface area (Å²) in [5.41, 5.74) is 7.97. The first-order chi connectivity index (χ1) is 11.7. The van der Waals surface area contributed by atoms with Crippen molar-refractivity contribution in [3.63, 3.8) is 0 Å². The second kappa shape index (κ2) is 6.51. The second-order valence-corrected chi connectivity index (χ2v) is 6.91. The Labute approximate surface area is 145 Å². The SMILES string of the molecule is O=C(NC1CCC2NNCC2C1)c1c[nH]c(=S)n1-c1ccccc1. The molecule has 24 heavy (non-hydrogen) atoms. The highest BCUT2D eigenvalue weighted by molar-refractivity contribution is 7.71. The number of para-hydroxylation sites is 1. The van der Waals surface area contributed by atoms with Crippen molar-refractivity contribution in [2.24, 2.45) is 5.92 Å². The molecule has 1 aromatic heterocycles. The predicted octanol–water partition coefficient (Wildman–Crippen LogP) is 1.91. The minimum Gasteiger partial charge on any atom is -0.348 e. The molecule has 1 aliphatic carbocycles. The Morgan fingerprint density at radius 3 is 2.92 bits per heavy atom. The molecule has 4 N–H and O–H groups in total. The number of aromatic nitrogens is 2. The van der Waals surface area contributed by atoms with Crippen LogP contribution in [0.3, 0.4) is 0 Å². The molecule has 4 rings (SSSR count). The van der Waals surface area contributed by atoms with E-state index in [0.717, 1.165) is 31.5 Å². The summed E-state index contributed by atoms with van der Waals surface area (Å²) in [5.74, 6) is 0.514. The van der Waals surface area contributed by atoms with Crippen LogP contribution in [0.5, 0.6) is 0 Å². The third-order valence-corrected chi connectivity index (χ3v) is 5.29. The summed E-state index contributed by atoms with van der Waals surface area (Å²) >= 11 is 5.35. The molecule has 1 aromatic carbocycles. The largest absolute Gasteiger partial charge is 0.348 e. The smallest absolute Gasteiger partial charge is 0.270 e. The highest BCUT2D eigenvalue weighted by Crippen LogP contribution is 2.27. The van der Waals surface area contributed by atoms with Crippen LogP contribution >= 0.6 is 12.2 Å². The van der Waals surface area contributed by atoms with E-state index in [4.69, 9.17) is 12.2 Å². The van der Waals surface area contributed by atoms with E-state index in [1.165, 1.54) is 0 Å². The van der Waals surface area contributed by atoms with Crippen LogP contribution in [-0.2, 0) is 0 Å². The number of nitrogens with zero attached hydrogens (tertiary/aromatic N) is 1. The zero-order valence-electron chi connectivity index (χ0n) is 13.3. The van der Waals surface area contributed by atoms with E-state index in [9.17, 15) is 4.79 Å². The van der Waals surface area contributed by atoms with Crippen LogP contribution in [-0.4, -0.2) is 34.1 Å². The normalized spacial score (nSPS) is 26.1. The number of benzene rings is 1. The quantitative estimate of drug-likeness (QED) is 0.643. The van der Waals surface area contributed by atoms with Crippen molar-refractivity contribution >= 4 is 18.1 Å². The number of H-pyrrole nitrogens is 1. The monoisotopic (exact) mass is 343 g/mol. The number of imidazole rings is 1. The lowest BCUT2D eigenvalue weighted by molar-refractivity contribution is 0.0911. The summed E-state index contributed by atoms with van der Waals surface area (Å²) in [6, 6.07) is 10.5. The van der Waals surface area contributed by atoms with E-state index in [-0.39, 0.29) is 11.9 Å².